The number of carbonyl (C=O) groups excluding carboxylic acids is 1. The second-order valence-electron chi connectivity index (χ2n) is 8.02. The minimum absolute atomic E-state index is 0.0846. The number of benzene rings is 1. The van der Waals surface area contributed by atoms with E-state index in [1.165, 1.54) is 22.4 Å². The number of aromatic nitrogens is 4. The Morgan fingerprint density at radius 3 is 2.86 bits per heavy atom. The lowest BCUT2D eigenvalue weighted by Crippen LogP contribution is -2.38. The fraction of sp³-hybridized carbons (Fsp3) is 0.409. The normalized spacial score (nSPS) is 17.1. The summed E-state index contributed by atoms with van der Waals surface area (Å²) in [7, 11) is 0. The molecule has 0 unspecified atom stereocenters. The van der Waals surface area contributed by atoms with Crippen molar-refractivity contribution in [1.29, 1.82) is 0 Å². The summed E-state index contributed by atoms with van der Waals surface area (Å²) in [6, 6.07) is 8.54. The van der Waals surface area contributed by atoms with E-state index in [0.29, 0.717) is 11.6 Å². The van der Waals surface area contributed by atoms with Crippen molar-refractivity contribution in [3.05, 3.63) is 58.7 Å². The monoisotopic (exact) mass is 375 g/mol. The Morgan fingerprint density at radius 2 is 2.04 bits per heavy atom. The van der Waals surface area contributed by atoms with Crippen molar-refractivity contribution in [2.24, 2.45) is 0 Å². The Hall–Kier alpha value is -2.89. The molecule has 1 saturated heterocycles. The van der Waals surface area contributed by atoms with Crippen LogP contribution in [0.1, 0.15) is 58.2 Å². The van der Waals surface area contributed by atoms with E-state index in [0.717, 1.165) is 56.5 Å². The van der Waals surface area contributed by atoms with Gasteiger partial charge in [0.15, 0.2) is 5.69 Å². The van der Waals surface area contributed by atoms with E-state index in [9.17, 15) is 4.79 Å². The number of nitrogens with one attached hydrogen (secondary N) is 2. The van der Waals surface area contributed by atoms with Crippen LogP contribution in [0.3, 0.4) is 0 Å². The lowest BCUT2D eigenvalue weighted by Gasteiger charge is -2.31. The van der Waals surface area contributed by atoms with Gasteiger partial charge >= 0.3 is 0 Å². The van der Waals surface area contributed by atoms with E-state index >= 15 is 0 Å². The number of piperidine rings is 1. The van der Waals surface area contributed by atoms with Crippen molar-refractivity contribution >= 4 is 5.91 Å². The molecule has 1 amide bonds. The van der Waals surface area contributed by atoms with Crippen molar-refractivity contribution in [2.75, 3.05) is 13.1 Å². The van der Waals surface area contributed by atoms with Gasteiger partial charge in [-0.2, -0.15) is 10.2 Å². The molecule has 3 heterocycles. The van der Waals surface area contributed by atoms with Crippen LogP contribution in [0.25, 0.3) is 11.1 Å². The molecule has 28 heavy (non-hydrogen) atoms. The largest absolute Gasteiger partial charge is 0.337 e. The van der Waals surface area contributed by atoms with Gasteiger partial charge in [0.25, 0.3) is 5.91 Å². The molecule has 0 saturated carbocycles. The Balaban J connectivity index is 1.30. The van der Waals surface area contributed by atoms with Crippen molar-refractivity contribution < 1.29 is 4.79 Å². The van der Waals surface area contributed by atoms with Crippen LogP contribution in [0.5, 0.6) is 0 Å². The van der Waals surface area contributed by atoms with Crippen LogP contribution in [0.15, 0.2) is 30.5 Å². The van der Waals surface area contributed by atoms with Gasteiger partial charge in [-0.25, -0.2) is 0 Å². The van der Waals surface area contributed by atoms with Crippen LogP contribution < -0.4 is 0 Å². The molecule has 1 aliphatic carbocycles. The third-order valence-electron chi connectivity index (χ3n) is 6.20. The summed E-state index contributed by atoms with van der Waals surface area (Å²) < 4.78 is 0. The summed E-state index contributed by atoms with van der Waals surface area (Å²) in [5.41, 5.74) is 7.76. The lowest BCUT2D eigenvalue weighted by molar-refractivity contribution is 0.0705. The number of nitrogens with zero attached hydrogens (tertiary/aromatic N) is 3. The second-order valence-corrected chi connectivity index (χ2v) is 8.02. The van der Waals surface area contributed by atoms with E-state index in [-0.39, 0.29) is 5.91 Å². The predicted molar refractivity (Wildman–Crippen MR) is 107 cm³/mol. The molecule has 3 aromatic rings. The Kier molecular flexibility index (Phi) is 4.26. The van der Waals surface area contributed by atoms with Crippen LogP contribution in [0, 0.1) is 6.92 Å². The topological polar surface area (TPSA) is 77.7 Å². The molecule has 1 fully saturated rings. The molecule has 0 atom stereocenters. The SMILES string of the molecule is Cc1cccc(-c2cn[nH]c2C2CCN(C(=O)c3n[nH]c4c3CCC4)CC2)c1. The standard InChI is InChI=1S/C22H25N5O/c1-14-4-2-5-16(12-14)18-13-23-25-20(18)15-8-10-27(11-9-15)22(28)21-17-6-3-7-19(17)24-26-21/h2,4-5,12-13,15H,3,6-11H2,1H3,(H,23,25)(H,24,26). The van der Waals surface area contributed by atoms with Crippen molar-refractivity contribution in [1.82, 2.24) is 25.3 Å². The molecule has 5 rings (SSSR count). The van der Waals surface area contributed by atoms with Crippen LogP contribution in [-0.4, -0.2) is 44.3 Å². The van der Waals surface area contributed by atoms with Crippen LogP contribution in [0.2, 0.25) is 0 Å². The number of rotatable bonds is 3. The highest BCUT2D eigenvalue weighted by atomic mass is 16.2. The van der Waals surface area contributed by atoms with Crippen molar-refractivity contribution in [3.63, 3.8) is 0 Å². The minimum Gasteiger partial charge on any atom is -0.337 e. The Morgan fingerprint density at radius 1 is 1.18 bits per heavy atom. The third kappa shape index (κ3) is 2.93. The number of aryl methyl sites for hydroxylation is 2. The highest BCUT2D eigenvalue weighted by Crippen LogP contribution is 2.34. The van der Waals surface area contributed by atoms with Gasteiger partial charge in [-0.1, -0.05) is 29.8 Å². The van der Waals surface area contributed by atoms with Gasteiger partial charge in [-0.05, 0) is 44.6 Å². The third-order valence-corrected chi connectivity index (χ3v) is 6.20. The number of amides is 1. The highest BCUT2D eigenvalue weighted by Gasteiger charge is 2.31. The first kappa shape index (κ1) is 17.2. The van der Waals surface area contributed by atoms with Gasteiger partial charge in [0.1, 0.15) is 0 Å². The smallest absolute Gasteiger partial charge is 0.274 e. The molecular formula is C22H25N5O. The molecule has 0 radical (unpaired) electrons. The first-order valence-corrected chi connectivity index (χ1v) is 10.2. The van der Waals surface area contributed by atoms with Crippen LogP contribution in [0.4, 0.5) is 0 Å². The van der Waals surface area contributed by atoms with Crippen molar-refractivity contribution in [2.45, 2.75) is 44.9 Å². The lowest BCUT2D eigenvalue weighted by atomic mass is 9.89. The van der Waals surface area contributed by atoms with E-state index in [4.69, 9.17) is 0 Å². The predicted octanol–water partition coefficient (Wildman–Crippen LogP) is 3.62. The van der Waals surface area contributed by atoms with Gasteiger partial charge < -0.3 is 4.90 Å². The number of aromatic amines is 2. The molecule has 6 heteroatoms. The number of H-pyrrole nitrogens is 2. The molecule has 2 aliphatic rings. The summed E-state index contributed by atoms with van der Waals surface area (Å²) in [4.78, 5) is 14.9. The summed E-state index contributed by atoms with van der Waals surface area (Å²) >= 11 is 0. The highest BCUT2D eigenvalue weighted by molar-refractivity contribution is 5.94. The molecule has 144 valence electrons. The maximum Gasteiger partial charge on any atom is 0.274 e. The minimum atomic E-state index is 0.0846. The number of fused-ring (bicyclic) bond motifs is 1. The van der Waals surface area contributed by atoms with Crippen LogP contribution >= 0.6 is 0 Å². The molecule has 0 spiro atoms. The number of hydrogen-bond acceptors (Lipinski definition) is 3. The number of carbonyl (C=O) groups is 1. The van der Waals surface area contributed by atoms with E-state index in [1.807, 2.05) is 11.1 Å². The van der Waals surface area contributed by atoms with E-state index < -0.39 is 0 Å². The molecule has 2 aromatic heterocycles. The molecule has 1 aromatic carbocycles. The van der Waals surface area contributed by atoms with Crippen molar-refractivity contribution in [3.8, 4) is 11.1 Å². The fourth-order valence-electron chi connectivity index (χ4n) is 4.67. The number of hydrogen-bond donors (Lipinski definition) is 2. The zero-order valence-corrected chi connectivity index (χ0v) is 16.2. The number of likely N-dealkylation sites (tertiary alicyclic amines) is 1. The molecule has 1 aliphatic heterocycles. The van der Waals surface area contributed by atoms with Gasteiger partial charge in [0.2, 0.25) is 0 Å². The molecule has 0 bridgehead atoms. The first-order chi connectivity index (χ1) is 13.7. The summed E-state index contributed by atoms with van der Waals surface area (Å²) in [5, 5.41) is 14.9. The zero-order valence-electron chi connectivity index (χ0n) is 16.2. The van der Waals surface area contributed by atoms with Gasteiger partial charge in [0, 0.05) is 41.5 Å². The Bertz CT molecular complexity index is 1010. The molecule has 2 N–H and O–H groups in total. The van der Waals surface area contributed by atoms with E-state index in [1.54, 1.807) is 0 Å². The molecular weight excluding hydrogens is 350 g/mol. The summed E-state index contributed by atoms with van der Waals surface area (Å²) in [5.74, 6) is 0.480. The maximum absolute atomic E-state index is 13.0. The summed E-state index contributed by atoms with van der Waals surface area (Å²) in [6.45, 7) is 3.63. The van der Waals surface area contributed by atoms with Gasteiger partial charge in [0.05, 0.1) is 6.20 Å². The average molecular weight is 375 g/mol. The average Bonchev–Trinajstić information content (AvgIpc) is 3.44. The Labute approximate surface area is 164 Å². The maximum atomic E-state index is 13.0. The van der Waals surface area contributed by atoms with E-state index in [2.05, 4.69) is 51.6 Å². The molecule has 6 nitrogen and oxygen atoms in total. The zero-order chi connectivity index (χ0) is 19.1. The quantitative estimate of drug-likeness (QED) is 0.734. The van der Waals surface area contributed by atoms with Gasteiger partial charge in [-0.15, -0.1) is 0 Å². The van der Waals surface area contributed by atoms with Crippen LogP contribution in [-0.2, 0) is 12.8 Å². The summed E-state index contributed by atoms with van der Waals surface area (Å²) in [6.07, 6.45) is 6.91. The fourth-order valence-corrected chi connectivity index (χ4v) is 4.67. The second kappa shape index (κ2) is 6.93. The first-order valence-electron chi connectivity index (χ1n) is 10.2. The van der Waals surface area contributed by atoms with Gasteiger partial charge in [-0.3, -0.25) is 15.0 Å².